The molecule has 0 bridgehead atoms. The van der Waals surface area contributed by atoms with Crippen LogP contribution in [0.1, 0.15) is 38.3 Å². The van der Waals surface area contributed by atoms with E-state index in [1.165, 1.54) is 6.92 Å². The number of benzene rings is 1. The van der Waals surface area contributed by atoms with Crippen molar-refractivity contribution in [2.24, 2.45) is 11.7 Å². The van der Waals surface area contributed by atoms with Crippen LogP contribution in [0.4, 0.5) is 5.69 Å². The molecule has 0 spiro atoms. The summed E-state index contributed by atoms with van der Waals surface area (Å²) >= 11 is 0. The van der Waals surface area contributed by atoms with Gasteiger partial charge >= 0.3 is 0 Å². The third-order valence-corrected chi connectivity index (χ3v) is 4.14. The molecule has 1 aliphatic heterocycles. The summed E-state index contributed by atoms with van der Waals surface area (Å²) in [6, 6.07) is 6.74. The van der Waals surface area contributed by atoms with Crippen molar-refractivity contribution in [2.45, 2.75) is 38.8 Å². The highest BCUT2D eigenvalue weighted by molar-refractivity contribution is 5.88. The molecule has 2 unspecified atom stereocenters. The molecule has 0 radical (unpaired) electrons. The Morgan fingerprint density at radius 2 is 2.00 bits per heavy atom. The lowest BCUT2D eigenvalue weighted by molar-refractivity contribution is -0.125. The van der Waals surface area contributed by atoms with Crippen LogP contribution in [0.2, 0.25) is 0 Å². The van der Waals surface area contributed by atoms with Crippen LogP contribution in [0.15, 0.2) is 24.3 Å². The molecule has 6 nitrogen and oxygen atoms in total. The molecule has 1 heterocycles. The number of carbonyl (C=O) groups excluding carboxylic acids is 2. The molecule has 1 aromatic rings. The molecule has 2 atom stereocenters. The summed E-state index contributed by atoms with van der Waals surface area (Å²) in [5.74, 6) is -0.101. The highest BCUT2D eigenvalue weighted by Gasteiger charge is 2.27. The molecular weight excluding hydrogens is 294 g/mol. The van der Waals surface area contributed by atoms with Crippen molar-refractivity contribution >= 4 is 17.5 Å². The number of hydrogen-bond acceptors (Lipinski definition) is 4. The van der Waals surface area contributed by atoms with Crippen LogP contribution in [-0.2, 0) is 14.3 Å². The smallest absolute Gasteiger partial charge is 0.237 e. The van der Waals surface area contributed by atoms with Gasteiger partial charge in [0.05, 0.1) is 12.1 Å². The van der Waals surface area contributed by atoms with E-state index in [9.17, 15) is 9.59 Å². The van der Waals surface area contributed by atoms with Crippen LogP contribution in [0.5, 0.6) is 0 Å². The molecule has 1 aromatic carbocycles. The zero-order valence-electron chi connectivity index (χ0n) is 13.7. The van der Waals surface area contributed by atoms with E-state index in [1.807, 2.05) is 31.2 Å². The first-order valence-electron chi connectivity index (χ1n) is 7.98. The lowest BCUT2D eigenvalue weighted by atomic mass is 9.91. The Balaban J connectivity index is 1.96. The standard InChI is InChI=1S/C17H25N3O3/c1-11(14-4-3-5-15(10-14)20-12(2)21)19-17(22)16(18)13-6-8-23-9-7-13/h3-5,10-11,13,16H,6-9,18H2,1-2H3,(H,19,22)(H,20,21). The average Bonchev–Trinajstić information content (AvgIpc) is 2.54. The predicted octanol–water partition coefficient (Wildman–Crippen LogP) is 1.58. The van der Waals surface area contributed by atoms with Gasteiger partial charge in [0.1, 0.15) is 0 Å². The maximum absolute atomic E-state index is 12.3. The topological polar surface area (TPSA) is 93.5 Å². The fourth-order valence-electron chi connectivity index (χ4n) is 2.77. The molecular formula is C17H25N3O3. The molecule has 23 heavy (non-hydrogen) atoms. The van der Waals surface area contributed by atoms with Crippen LogP contribution in [0.25, 0.3) is 0 Å². The first-order valence-corrected chi connectivity index (χ1v) is 7.98. The van der Waals surface area contributed by atoms with Crippen molar-refractivity contribution in [3.63, 3.8) is 0 Å². The van der Waals surface area contributed by atoms with Gasteiger partial charge in [-0.1, -0.05) is 12.1 Å². The monoisotopic (exact) mass is 319 g/mol. The summed E-state index contributed by atoms with van der Waals surface area (Å²) in [4.78, 5) is 23.5. The Morgan fingerprint density at radius 3 is 2.65 bits per heavy atom. The van der Waals surface area contributed by atoms with Crippen molar-refractivity contribution in [2.75, 3.05) is 18.5 Å². The number of anilines is 1. The quantitative estimate of drug-likeness (QED) is 0.768. The molecule has 2 amide bonds. The lowest BCUT2D eigenvalue weighted by Crippen LogP contribution is -2.47. The molecule has 1 saturated heterocycles. The minimum atomic E-state index is -0.514. The van der Waals surface area contributed by atoms with Crippen LogP contribution in [-0.4, -0.2) is 31.1 Å². The zero-order chi connectivity index (χ0) is 16.8. The van der Waals surface area contributed by atoms with Gasteiger partial charge in [0.15, 0.2) is 0 Å². The molecule has 0 aromatic heterocycles. The van der Waals surface area contributed by atoms with Crippen LogP contribution in [0, 0.1) is 5.92 Å². The summed E-state index contributed by atoms with van der Waals surface area (Å²) < 4.78 is 5.30. The summed E-state index contributed by atoms with van der Waals surface area (Å²) in [5.41, 5.74) is 7.72. The fraction of sp³-hybridized carbons (Fsp3) is 0.529. The number of nitrogens with two attached hydrogens (primary N) is 1. The number of nitrogens with one attached hydrogen (secondary N) is 2. The largest absolute Gasteiger partial charge is 0.381 e. The van der Waals surface area contributed by atoms with E-state index in [1.54, 1.807) is 0 Å². The van der Waals surface area contributed by atoms with Crippen LogP contribution < -0.4 is 16.4 Å². The second-order valence-electron chi connectivity index (χ2n) is 6.01. The number of hydrogen-bond donors (Lipinski definition) is 3. The highest BCUT2D eigenvalue weighted by Crippen LogP contribution is 2.20. The van der Waals surface area contributed by atoms with E-state index in [0.717, 1.165) is 18.4 Å². The second kappa shape index (κ2) is 8.08. The Morgan fingerprint density at radius 1 is 1.30 bits per heavy atom. The molecule has 6 heteroatoms. The minimum absolute atomic E-state index is 0.125. The van der Waals surface area contributed by atoms with Gasteiger partial charge in [-0.2, -0.15) is 0 Å². The van der Waals surface area contributed by atoms with Crippen LogP contribution in [0.3, 0.4) is 0 Å². The molecule has 126 valence electrons. The number of rotatable bonds is 5. The Hall–Kier alpha value is -1.92. The van der Waals surface area contributed by atoms with E-state index in [4.69, 9.17) is 10.5 Å². The maximum Gasteiger partial charge on any atom is 0.237 e. The zero-order valence-corrected chi connectivity index (χ0v) is 13.7. The van der Waals surface area contributed by atoms with E-state index in [2.05, 4.69) is 10.6 Å². The molecule has 1 fully saturated rings. The Labute approximate surface area is 136 Å². The fourth-order valence-corrected chi connectivity index (χ4v) is 2.77. The van der Waals surface area contributed by atoms with Gasteiger partial charge in [0, 0.05) is 25.8 Å². The molecule has 2 rings (SSSR count). The van der Waals surface area contributed by atoms with E-state index < -0.39 is 6.04 Å². The van der Waals surface area contributed by atoms with Crippen molar-refractivity contribution < 1.29 is 14.3 Å². The van der Waals surface area contributed by atoms with E-state index >= 15 is 0 Å². The van der Waals surface area contributed by atoms with Crippen molar-refractivity contribution in [1.82, 2.24) is 5.32 Å². The third kappa shape index (κ3) is 5.04. The van der Waals surface area contributed by atoms with E-state index in [0.29, 0.717) is 18.9 Å². The van der Waals surface area contributed by atoms with Gasteiger partial charge in [-0.25, -0.2) is 0 Å². The van der Waals surface area contributed by atoms with Crippen LogP contribution >= 0.6 is 0 Å². The summed E-state index contributed by atoms with van der Waals surface area (Å²) in [6.45, 7) is 4.70. The first kappa shape index (κ1) is 17.4. The molecule has 1 aliphatic rings. The van der Waals surface area contributed by atoms with Crippen molar-refractivity contribution in [3.8, 4) is 0 Å². The number of amides is 2. The van der Waals surface area contributed by atoms with Gasteiger partial charge in [-0.3, -0.25) is 9.59 Å². The number of ether oxygens (including phenoxy) is 1. The maximum atomic E-state index is 12.3. The molecule has 0 saturated carbocycles. The van der Waals surface area contributed by atoms with Gasteiger partial charge in [-0.05, 0) is 43.4 Å². The minimum Gasteiger partial charge on any atom is -0.381 e. The van der Waals surface area contributed by atoms with Crippen molar-refractivity contribution in [3.05, 3.63) is 29.8 Å². The van der Waals surface area contributed by atoms with Gasteiger partial charge in [0.2, 0.25) is 11.8 Å². The van der Waals surface area contributed by atoms with Crippen molar-refractivity contribution in [1.29, 1.82) is 0 Å². The SMILES string of the molecule is CC(=O)Nc1cccc(C(C)NC(=O)C(N)C2CCOCC2)c1. The number of carbonyl (C=O) groups is 2. The summed E-state index contributed by atoms with van der Waals surface area (Å²) in [6.07, 6.45) is 1.64. The molecule has 0 aliphatic carbocycles. The first-order chi connectivity index (χ1) is 11.0. The Bertz CT molecular complexity index is 556. The predicted molar refractivity (Wildman–Crippen MR) is 88.8 cm³/mol. The lowest BCUT2D eigenvalue weighted by Gasteiger charge is -2.28. The third-order valence-electron chi connectivity index (χ3n) is 4.14. The second-order valence-corrected chi connectivity index (χ2v) is 6.01. The average molecular weight is 319 g/mol. The summed E-state index contributed by atoms with van der Waals surface area (Å²) in [5, 5.41) is 5.69. The summed E-state index contributed by atoms with van der Waals surface area (Å²) in [7, 11) is 0. The van der Waals surface area contributed by atoms with Gasteiger partial charge in [0.25, 0.3) is 0 Å². The Kier molecular flexibility index (Phi) is 6.12. The van der Waals surface area contributed by atoms with Gasteiger partial charge in [-0.15, -0.1) is 0 Å². The highest BCUT2D eigenvalue weighted by atomic mass is 16.5. The normalized spacial score (nSPS) is 18.0. The molecule has 4 N–H and O–H groups in total. The van der Waals surface area contributed by atoms with Gasteiger partial charge < -0.3 is 21.1 Å². The van der Waals surface area contributed by atoms with E-state index in [-0.39, 0.29) is 23.8 Å².